The van der Waals surface area contributed by atoms with Crippen LogP contribution in [0.1, 0.15) is 54.2 Å². The second-order valence-corrected chi connectivity index (χ2v) is 15.2. The van der Waals surface area contributed by atoms with Gasteiger partial charge in [-0.25, -0.2) is 0 Å². The van der Waals surface area contributed by atoms with Gasteiger partial charge in [0.25, 0.3) is 0 Å². The molecule has 0 unspecified atom stereocenters. The normalized spacial score (nSPS) is 12.3. The third kappa shape index (κ3) is 3.99. The molecular formula is C24H34GeO. The van der Waals surface area contributed by atoms with Crippen LogP contribution in [0, 0.1) is 41.5 Å². The second kappa shape index (κ2) is 7.36. The van der Waals surface area contributed by atoms with E-state index < -0.39 is 13.6 Å². The van der Waals surface area contributed by atoms with E-state index in [2.05, 4.69) is 98.1 Å². The van der Waals surface area contributed by atoms with Crippen LogP contribution >= 0.6 is 0 Å². The molecule has 0 saturated heterocycles. The maximum atomic E-state index is 7.02. The number of hydrogen-bond donors (Lipinski definition) is 0. The van der Waals surface area contributed by atoms with E-state index in [4.69, 9.17) is 3.76 Å². The summed E-state index contributed by atoms with van der Waals surface area (Å²) in [6.07, 6.45) is 0. The molecule has 2 rings (SSSR count). The molecule has 0 atom stereocenters. The Labute approximate surface area is 163 Å². The summed E-state index contributed by atoms with van der Waals surface area (Å²) in [6.45, 7) is 24.1. The Morgan fingerprint density at radius 2 is 1.04 bits per heavy atom. The van der Waals surface area contributed by atoms with E-state index in [1.165, 1.54) is 42.2 Å². The van der Waals surface area contributed by atoms with Crippen molar-refractivity contribution in [3.63, 3.8) is 0 Å². The number of aryl methyl sites for hydroxylation is 6. The van der Waals surface area contributed by atoms with Crippen molar-refractivity contribution in [1.29, 1.82) is 0 Å². The fraction of sp³-hybridized carbons (Fsp3) is 0.417. The van der Waals surface area contributed by atoms with Crippen LogP contribution < -0.4 is 8.79 Å². The van der Waals surface area contributed by atoms with Crippen LogP contribution in [0.4, 0.5) is 0 Å². The molecule has 0 amide bonds. The molecule has 0 aliphatic rings. The summed E-state index contributed by atoms with van der Waals surface area (Å²) in [6, 6.07) is 9.15. The average Bonchev–Trinajstić information content (AvgIpc) is 2.42. The molecule has 0 aromatic heterocycles. The molecule has 26 heavy (non-hydrogen) atoms. The van der Waals surface area contributed by atoms with E-state index in [0.717, 1.165) is 0 Å². The Morgan fingerprint density at radius 1 is 0.731 bits per heavy atom. The van der Waals surface area contributed by atoms with Gasteiger partial charge in [0.1, 0.15) is 0 Å². The summed E-state index contributed by atoms with van der Waals surface area (Å²) >= 11 is -3.30. The van der Waals surface area contributed by atoms with E-state index >= 15 is 0 Å². The first-order valence-electron chi connectivity index (χ1n) is 9.41. The Bertz CT molecular complexity index is 736. The summed E-state index contributed by atoms with van der Waals surface area (Å²) in [5.74, 6) is 0. The first kappa shape index (κ1) is 21.0. The van der Waals surface area contributed by atoms with Crippen LogP contribution in [0.3, 0.4) is 0 Å². The van der Waals surface area contributed by atoms with Gasteiger partial charge in [0.15, 0.2) is 0 Å². The summed E-state index contributed by atoms with van der Waals surface area (Å²) in [7, 11) is 0. The number of benzene rings is 2. The fourth-order valence-electron chi connectivity index (χ4n) is 4.49. The zero-order valence-electron chi connectivity index (χ0n) is 18.0. The van der Waals surface area contributed by atoms with Crippen LogP contribution in [0.15, 0.2) is 35.8 Å². The van der Waals surface area contributed by atoms with Crippen LogP contribution in [-0.4, -0.2) is 19.2 Å². The van der Waals surface area contributed by atoms with Crippen molar-refractivity contribution in [1.82, 2.24) is 0 Å². The zero-order valence-corrected chi connectivity index (χ0v) is 20.1. The minimum atomic E-state index is -3.30. The maximum absolute atomic E-state index is 7.02. The molecule has 0 spiro atoms. The van der Waals surface area contributed by atoms with E-state index in [1.54, 1.807) is 0 Å². The van der Waals surface area contributed by atoms with E-state index in [-0.39, 0.29) is 5.60 Å². The molecule has 0 N–H and O–H groups in total. The van der Waals surface area contributed by atoms with Gasteiger partial charge >= 0.3 is 163 Å². The topological polar surface area (TPSA) is 9.23 Å². The van der Waals surface area contributed by atoms with Gasteiger partial charge in [0, 0.05) is 0 Å². The van der Waals surface area contributed by atoms with Gasteiger partial charge in [0.2, 0.25) is 0 Å². The van der Waals surface area contributed by atoms with Crippen molar-refractivity contribution in [3.8, 4) is 0 Å². The van der Waals surface area contributed by atoms with Crippen molar-refractivity contribution >= 4 is 22.4 Å². The summed E-state index contributed by atoms with van der Waals surface area (Å²) in [4.78, 5) is 2.18. The molecule has 0 aliphatic carbocycles. The summed E-state index contributed by atoms with van der Waals surface area (Å²) < 4.78 is 9.82. The molecule has 0 bridgehead atoms. The Kier molecular flexibility index (Phi) is 5.94. The van der Waals surface area contributed by atoms with Crippen LogP contribution in [-0.2, 0) is 3.76 Å². The average molecular weight is 411 g/mol. The van der Waals surface area contributed by atoms with Gasteiger partial charge in [-0.1, -0.05) is 0 Å². The molecule has 1 nitrogen and oxygen atoms in total. The second-order valence-electron chi connectivity index (χ2n) is 8.70. The standard InChI is InChI=1S/C24H34GeO/c1-11-25(26-24(8,9)10,22-18(4)12-16(2)13-19(22)5)23-20(6)14-17(3)15-21(23)7/h11-15H,1H2,2-10H3. The SMILES string of the molecule is C=[CH][Ge]([O]C(C)(C)C)([c]1c(C)cc(C)cc1C)[c]1c(C)cc(C)cc1C. The Morgan fingerprint density at radius 3 is 1.27 bits per heavy atom. The minimum absolute atomic E-state index is 0.234. The van der Waals surface area contributed by atoms with Gasteiger partial charge in [-0.3, -0.25) is 0 Å². The van der Waals surface area contributed by atoms with E-state index in [1.807, 2.05) is 0 Å². The molecule has 2 aromatic rings. The van der Waals surface area contributed by atoms with Crippen molar-refractivity contribution < 1.29 is 3.76 Å². The van der Waals surface area contributed by atoms with Gasteiger partial charge < -0.3 is 0 Å². The molecule has 0 fully saturated rings. The van der Waals surface area contributed by atoms with Crippen molar-refractivity contribution in [2.75, 3.05) is 0 Å². The molecule has 0 aliphatic heterocycles. The first-order chi connectivity index (χ1) is 11.9. The van der Waals surface area contributed by atoms with Crippen LogP contribution in [0.25, 0.3) is 0 Å². The van der Waals surface area contributed by atoms with Gasteiger partial charge in [-0.2, -0.15) is 0 Å². The molecular weight excluding hydrogens is 377 g/mol. The van der Waals surface area contributed by atoms with Gasteiger partial charge in [-0.15, -0.1) is 0 Å². The van der Waals surface area contributed by atoms with Crippen LogP contribution in [0.5, 0.6) is 0 Å². The quantitative estimate of drug-likeness (QED) is 0.634. The third-order valence-electron chi connectivity index (χ3n) is 4.85. The molecule has 2 heteroatoms. The van der Waals surface area contributed by atoms with Gasteiger partial charge in [0.05, 0.1) is 0 Å². The predicted molar refractivity (Wildman–Crippen MR) is 117 cm³/mol. The predicted octanol–water partition coefficient (Wildman–Crippen LogP) is 5.14. The van der Waals surface area contributed by atoms with Gasteiger partial charge in [-0.05, 0) is 0 Å². The van der Waals surface area contributed by atoms with Crippen molar-refractivity contribution in [2.24, 2.45) is 0 Å². The zero-order chi connectivity index (χ0) is 19.9. The monoisotopic (exact) mass is 412 g/mol. The van der Waals surface area contributed by atoms with Crippen LogP contribution in [0.2, 0.25) is 0 Å². The Balaban J connectivity index is 2.97. The van der Waals surface area contributed by atoms with Crippen molar-refractivity contribution in [3.05, 3.63) is 69.1 Å². The van der Waals surface area contributed by atoms with E-state index in [9.17, 15) is 0 Å². The molecule has 0 radical (unpaired) electrons. The fourth-order valence-corrected chi connectivity index (χ4v) is 14.0. The third-order valence-corrected chi connectivity index (χ3v) is 14.4. The van der Waals surface area contributed by atoms with E-state index in [0.29, 0.717) is 0 Å². The molecule has 0 saturated carbocycles. The first-order valence-corrected chi connectivity index (χ1v) is 13.6. The number of rotatable bonds is 4. The molecule has 0 heterocycles. The molecule has 2 aromatic carbocycles. The number of hydrogen-bond acceptors (Lipinski definition) is 1. The summed E-state index contributed by atoms with van der Waals surface area (Å²) in [5.41, 5.74) is 7.67. The van der Waals surface area contributed by atoms with Crippen molar-refractivity contribution in [2.45, 2.75) is 67.9 Å². The summed E-state index contributed by atoms with van der Waals surface area (Å²) in [5, 5.41) is 0. The molecule has 140 valence electrons. The Hall–Kier alpha value is -1.32.